The number of rotatable bonds is 5. The van der Waals surface area contributed by atoms with E-state index < -0.39 is 10.0 Å². The van der Waals surface area contributed by atoms with E-state index in [9.17, 15) is 13.2 Å². The molecule has 2 saturated carbocycles. The molecular formula is C16H28N2O3S. The van der Waals surface area contributed by atoms with Crippen molar-refractivity contribution < 1.29 is 13.2 Å². The SMILES string of the molecule is CS(=O)(=O)NC[C@H]1CCCN(C(=O)C[C@@H]2C[C@H]3CC[C@H]2C3)C1. The molecule has 3 aliphatic rings. The van der Waals surface area contributed by atoms with E-state index in [4.69, 9.17) is 0 Å². The summed E-state index contributed by atoms with van der Waals surface area (Å²) in [5.74, 6) is 2.84. The fraction of sp³-hybridized carbons (Fsp3) is 0.938. The molecule has 0 aromatic heterocycles. The summed E-state index contributed by atoms with van der Waals surface area (Å²) in [7, 11) is -3.14. The van der Waals surface area contributed by atoms with Gasteiger partial charge >= 0.3 is 0 Å². The molecule has 6 heteroatoms. The number of nitrogens with one attached hydrogen (secondary N) is 1. The van der Waals surface area contributed by atoms with Gasteiger partial charge in [-0.15, -0.1) is 0 Å². The van der Waals surface area contributed by atoms with E-state index in [2.05, 4.69) is 4.72 Å². The number of carbonyl (C=O) groups excluding carboxylic acids is 1. The third-order valence-corrected chi connectivity index (χ3v) is 6.52. The minimum absolute atomic E-state index is 0.257. The Bertz CT molecular complexity index is 519. The van der Waals surface area contributed by atoms with Gasteiger partial charge in [0.1, 0.15) is 0 Å². The van der Waals surface area contributed by atoms with Crippen molar-refractivity contribution in [3.63, 3.8) is 0 Å². The normalized spacial score (nSPS) is 35.0. The van der Waals surface area contributed by atoms with Gasteiger partial charge in [0.05, 0.1) is 6.26 Å². The second-order valence-electron chi connectivity index (χ2n) is 7.61. The number of likely N-dealkylation sites (tertiary alicyclic amines) is 1. The zero-order chi connectivity index (χ0) is 15.7. The third-order valence-electron chi connectivity index (χ3n) is 5.83. The molecule has 1 saturated heterocycles. The molecule has 22 heavy (non-hydrogen) atoms. The number of amides is 1. The lowest BCUT2D eigenvalue weighted by molar-refractivity contribution is -0.134. The Morgan fingerprint density at radius 3 is 2.68 bits per heavy atom. The summed E-state index contributed by atoms with van der Waals surface area (Å²) in [6.45, 7) is 2.01. The van der Waals surface area contributed by atoms with E-state index in [1.807, 2.05) is 4.90 Å². The summed E-state index contributed by atoms with van der Waals surface area (Å²) in [6, 6.07) is 0. The van der Waals surface area contributed by atoms with Crippen LogP contribution in [-0.4, -0.2) is 45.1 Å². The quantitative estimate of drug-likeness (QED) is 0.833. The first-order valence-electron chi connectivity index (χ1n) is 8.63. The number of piperidine rings is 1. The Labute approximate surface area is 133 Å². The maximum absolute atomic E-state index is 12.6. The maximum atomic E-state index is 12.6. The van der Waals surface area contributed by atoms with E-state index in [1.165, 1.54) is 31.9 Å². The van der Waals surface area contributed by atoms with Crippen molar-refractivity contribution in [1.82, 2.24) is 9.62 Å². The van der Waals surface area contributed by atoms with Crippen LogP contribution >= 0.6 is 0 Å². The van der Waals surface area contributed by atoms with Crippen LogP contribution < -0.4 is 4.72 Å². The first-order chi connectivity index (χ1) is 10.4. The minimum Gasteiger partial charge on any atom is -0.342 e. The summed E-state index contributed by atoms with van der Waals surface area (Å²) < 4.78 is 25.0. The van der Waals surface area contributed by atoms with Crippen LogP contribution in [0.3, 0.4) is 0 Å². The zero-order valence-electron chi connectivity index (χ0n) is 13.5. The summed E-state index contributed by atoms with van der Waals surface area (Å²) >= 11 is 0. The number of carbonyl (C=O) groups is 1. The predicted octanol–water partition coefficient (Wildman–Crippen LogP) is 1.60. The number of hydrogen-bond acceptors (Lipinski definition) is 3. The standard InChI is InChI=1S/C16H28N2O3S/c1-22(20,21)17-10-13-3-2-6-18(11-13)16(19)9-15-8-12-4-5-14(15)7-12/h12-15,17H,2-11H2,1H3/t12-,13+,14-,15-/m0/s1. The van der Waals surface area contributed by atoms with Crippen molar-refractivity contribution in [3.8, 4) is 0 Å². The second-order valence-corrected chi connectivity index (χ2v) is 9.44. The first-order valence-corrected chi connectivity index (χ1v) is 10.5. The van der Waals surface area contributed by atoms with Crippen LogP contribution in [0.4, 0.5) is 0 Å². The monoisotopic (exact) mass is 328 g/mol. The molecule has 0 unspecified atom stereocenters. The Morgan fingerprint density at radius 1 is 1.23 bits per heavy atom. The molecular weight excluding hydrogens is 300 g/mol. The molecule has 3 rings (SSSR count). The lowest BCUT2D eigenvalue weighted by Crippen LogP contribution is -2.44. The highest BCUT2D eigenvalue weighted by Crippen LogP contribution is 2.49. The second kappa shape index (κ2) is 6.48. The molecule has 0 radical (unpaired) electrons. The van der Waals surface area contributed by atoms with Gasteiger partial charge in [-0.1, -0.05) is 6.42 Å². The molecule has 126 valence electrons. The van der Waals surface area contributed by atoms with E-state index in [0.29, 0.717) is 31.3 Å². The molecule has 1 aliphatic heterocycles. The molecule has 1 N–H and O–H groups in total. The van der Waals surface area contributed by atoms with Gasteiger partial charge in [-0.05, 0) is 55.8 Å². The molecule has 4 atom stereocenters. The van der Waals surface area contributed by atoms with E-state index in [0.717, 1.165) is 31.2 Å². The van der Waals surface area contributed by atoms with Crippen molar-refractivity contribution in [2.45, 2.75) is 44.9 Å². The van der Waals surface area contributed by atoms with Gasteiger partial charge < -0.3 is 4.90 Å². The third kappa shape index (κ3) is 4.02. The van der Waals surface area contributed by atoms with Crippen molar-refractivity contribution >= 4 is 15.9 Å². The van der Waals surface area contributed by atoms with Crippen LogP contribution in [0.25, 0.3) is 0 Å². The summed E-state index contributed by atoms with van der Waals surface area (Å²) in [5, 5.41) is 0. The van der Waals surface area contributed by atoms with Crippen molar-refractivity contribution in [2.75, 3.05) is 25.9 Å². The van der Waals surface area contributed by atoms with Crippen LogP contribution in [0, 0.1) is 23.7 Å². The van der Waals surface area contributed by atoms with Gasteiger partial charge in [-0.3, -0.25) is 4.79 Å². The number of fused-ring (bicyclic) bond motifs is 2. The van der Waals surface area contributed by atoms with Crippen molar-refractivity contribution in [3.05, 3.63) is 0 Å². The summed E-state index contributed by atoms with van der Waals surface area (Å²) in [4.78, 5) is 14.5. The fourth-order valence-corrected chi connectivity index (χ4v) is 5.25. The van der Waals surface area contributed by atoms with Crippen LogP contribution in [0.1, 0.15) is 44.9 Å². The van der Waals surface area contributed by atoms with Crippen LogP contribution in [0.15, 0.2) is 0 Å². The van der Waals surface area contributed by atoms with E-state index in [-0.39, 0.29) is 5.92 Å². The molecule has 3 fully saturated rings. The van der Waals surface area contributed by atoms with Crippen LogP contribution in [0.2, 0.25) is 0 Å². The molecule has 0 aromatic rings. The minimum atomic E-state index is -3.14. The van der Waals surface area contributed by atoms with Gasteiger partial charge in [-0.2, -0.15) is 0 Å². The summed E-state index contributed by atoms with van der Waals surface area (Å²) in [6.07, 6.45) is 9.18. The molecule has 5 nitrogen and oxygen atoms in total. The highest BCUT2D eigenvalue weighted by molar-refractivity contribution is 7.88. The Balaban J connectivity index is 1.48. The number of sulfonamides is 1. The number of nitrogens with zero attached hydrogens (tertiary/aromatic N) is 1. The molecule has 2 bridgehead atoms. The average Bonchev–Trinajstić information content (AvgIpc) is 3.07. The zero-order valence-corrected chi connectivity index (χ0v) is 14.3. The Hall–Kier alpha value is -0.620. The highest BCUT2D eigenvalue weighted by Gasteiger charge is 2.40. The highest BCUT2D eigenvalue weighted by atomic mass is 32.2. The Kier molecular flexibility index (Phi) is 4.78. The molecule has 1 heterocycles. The van der Waals surface area contributed by atoms with Crippen molar-refractivity contribution in [2.24, 2.45) is 23.7 Å². The molecule has 2 aliphatic carbocycles. The largest absolute Gasteiger partial charge is 0.342 e. The Morgan fingerprint density at radius 2 is 2.05 bits per heavy atom. The molecule has 0 aromatic carbocycles. The lowest BCUT2D eigenvalue weighted by Gasteiger charge is -2.34. The van der Waals surface area contributed by atoms with Crippen LogP contribution in [-0.2, 0) is 14.8 Å². The number of hydrogen-bond donors (Lipinski definition) is 1. The first kappa shape index (κ1) is 16.2. The smallest absolute Gasteiger partial charge is 0.222 e. The summed E-state index contributed by atoms with van der Waals surface area (Å²) in [5.41, 5.74) is 0. The average molecular weight is 328 g/mol. The van der Waals surface area contributed by atoms with E-state index in [1.54, 1.807) is 0 Å². The fourth-order valence-electron chi connectivity index (χ4n) is 4.71. The van der Waals surface area contributed by atoms with Gasteiger partial charge in [0.25, 0.3) is 0 Å². The van der Waals surface area contributed by atoms with Gasteiger partial charge in [0, 0.05) is 26.1 Å². The van der Waals surface area contributed by atoms with Crippen LogP contribution in [0.5, 0.6) is 0 Å². The van der Waals surface area contributed by atoms with Gasteiger partial charge in [0.15, 0.2) is 0 Å². The van der Waals surface area contributed by atoms with Crippen molar-refractivity contribution in [1.29, 1.82) is 0 Å². The van der Waals surface area contributed by atoms with Gasteiger partial charge in [-0.25, -0.2) is 13.1 Å². The van der Waals surface area contributed by atoms with Gasteiger partial charge in [0.2, 0.25) is 15.9 Å². The lowest BCUT2D eigenvalue weighted by atomic mass is 9.86. The maximum Gasteiger partial charge on any atom is 0.222 e. The molecule has 1 amide bonds. The molecule has 0 spiro atoms. The predicted molar refractivity (Wildman–Crippen MR) is 85.7 cm³/mol. The topological polar surface area (TPSA) is 66.5 Å². The van der Waals surface area contributed by atoms with E-state index >= 15 is 0 Å².